The van der Waals surface area contributed by atoms with Gasteiger partial charge in [0.15, 0.2) is 0 Å². The van der Waals surface area contributed by atoms with Gasteiger partial charge in [-0.15, -0.1) is 11.6 Å². The van der Waals surface area contributed by atoms with Gasteiger partial charge in [-0.25, -0.2) is 23.5 Å². The number of nitrogens with two attached hydrogens (primary N) is 2. The molecule has 1 aromatic heterocycles. The van der Waals surface area contributed by atoms with E-state index in [4.69, 9.17) is 27.5 Å². The first-order chi connectivity index (χ1) is 15.7. The Balaban J connectivity index is 1.54. The van der Waals surface area contributed by atoms with Crippen molar-refractivity contribution in [3.05, 3.63) is 71.0 Å². The van der Waals surface area contributed by atoms with Gasteiger partial charge in [0.05, 0.1) is 16.8 Å². The average molecular weight is 486 g/mol. The standard InChI is InChI=1S/C23H24ClN5O3S/c24-12-15(9-14-1-4-19(5-2-14)33(26,31)32)10-18-13-28-22(25)21(29-18)17-3-6-20-16(11-17)7-8-27-23(20)30/h1-6,11,13,15H,7-10,12H2,(H2,25,28)(H,27,30)(H2,26,31,32). The molecule has 1 aliphatic rings. The van der Waals surface area contributed by atoms with Crippen LogP contribution in [-0.4, -0.2) is 36.7 Å². The second kappa shape index (κ2) is 9.46. The molecule has 172 valence electrons. The quantitative estimate of drug-likeness (QED) is 0.438. The first-order valence-electron chi connectivity index (χ1n) is 10.4. The number of hydrogen-bond acceptors (Lipinski definition) is 6. The van der Waals surface area contributed by atoms with Crippen molar-refractivity contribution in [1.82, 2.24) is 15.3 Å². The molecule has 0 spiro atoms. The van der Waals surface area contributed by atoms with Crippen molar-refractivity contribution in [3.63, 3.8) is 0 Å². The predicted octanol–water partition coefficient (Wildman–Crippen LogP) is 2.30. The Kier molecular flexibility index (Phi) is 6.64. The van der Waals surface area contributed by atoms with Gasteiger partial charge in [0, 0.05) is 23.6 Å². The average Bonchev–Trinajstić information content (AvgIpc) is 2.79. The Morgan fingerprint density at radius 2 is 1.88 bits per heavy atom. The minimum Gasteiger partial charge on any atom is -0.382 e. The fourth-order valence-electron chi connectivity index (χ4n) is 3.95. The largest absolute Gasteiger partial charge is 0.382 e. The lowest BCUT2D eigenvalue weighted by Gasteiger charge is -2.18. The Morgan fingerprint density at radius 1 is 1.12 bits per heavy atom. The predicted molar refractivity (Wildman–Crippen MR) is 127 cm³/mol. The first-order valence-corrected chi connectivity index (χ1v) is 12.5. The van der Waals surface area contributed by atoms with Crippen LogP contribution in [0.25, 0.3) is 11.3 Å². The number of nitrogen functional groups attached to an aromatic ring is 1. The maximum atomic E-state index is 12.0. The van der Waals surface area contributed by atoms with Crippen LogP contribution < -0.4 is 16.2 Å². The van der Waals surface area contributed by atoms with E-state index in [-0.39, 0.29) is 16.7 Å². The molecule has 1 amide bonds. The molecule has 5 N–H and O–H groups in total. The zero-order valence-electron chi connectivity index (χ0n) is 17.8. The van der Waals surface area contributed by atoms with E-state index in [1.807, 2.05) is 12.1 Å². The third-order valence-electron chi connectivity index (χ3n) is 5.65. The number of alkyl halides is 1. The fourth-order valence-corrected chi connectivity index (χ4v) is 4.68. The lowest BCUT2D eigenvalue weighted by Crippen LogP contribution is -2.31. The molecule has 0 radical (unpaired) electrons. The summed E-state index contributed by atoms with van der Waals surface area (Å²) in [7, 11) is -3.72. The minimum absolute atomic E-state index is 0.0602. The summed E-state index contributed by atoms with van der Waals surface area (Å²) in [6, 6.07) is 12.0. The normalized spacial score (nSPS) is 14.4. The van der Waals surface area contributed by atoms with Crippen LogP contribution in [0, 0.1) is 5.92 Å². The van der Waals surface area contributed by atoms with Crippen LogP contribution in [-0.2, 0) is 29.3 Å². The molecule has 0 saturated heterocycles. The van der Waals surface area contributed by atoms with E-state index < -0.39 is 10.0 Å². The van der Waals surface area contributed by atoms with Gasteiger partial charge in [-0.3, -0.25) is 4.79 Å². The SMILES string of the molecule is Nc1ncc(CC(CCl)Cc2ccc(S(N)(=O)=O)cc2)nc1-c1ccc2c(c1)CCNC2=O. The Bertz CT molecular complexity index is 1300. The number of nitrogens with zero attached hydrogens (tertiary/aromatic N) is 2. The number of primary sulfonamides is 1. The molecule has 1 unspecified atom stereocenters. The number of sulfonamides is 1. The molecule has 0 bridgehead atoms. The van der Waals surface area contributed by atoms with Gasteiger partial charge in [-0.1, -0.05) is 18.2 Å². The van der Waals surface area contributed by atoms with Crippen molar-refractivity contribution in [3.8, 4) is 11.3 Å². The third kappa shape index (κ3) is 5.32. The van der Waals surface area contributed by atoms with Crippen LogP contribution in [0.1, 0.15) is 27.2 Å². The van der Waals surface area contributed by atoms with Crippen molar-refractivity contribution in [2.24, 2.45) is 11.1 Å². The summed E-state index contributed by atoms with van der Waals surface area (Å²) in [5.41, 5.74) is 10.8. The molecular weight excluding hydrogens is 462 g/mol. The van der Waals surface area contributed by atoms with Gasteiger partial charge in [0.2, 0.25) is 10.0 Å². The Labute approximate surface area is 197 Å². The maximum absolute atomic E-state index is 12.0. The number of carbonyl (C=O) groups excluding carboxylic acids is 1. The van der Waals surface area contributed by atoms with Crippen LogP contribution >= 0.6 is 11.6 Å². The fraction of sp³-hybridized carbons (Fsp3) is 0.261. The molecule has 4 rings (SSSR count). The zero-order valence-corrected chi connectivity index (χ0v) is 19.4. The van der Waals surface area contributed by atoms with Crippen molar-refractivity contribution < 1.29 is 13.2 Å². The van der Waals surface area contributed by atoms with E-state index in [0.717, 1.165) is 28.8 Å². The smallest absolute Gasteiger partial charge is 0.251 e. The maximum Gasteiger partial charge on any atom is 0.251 e. The third-order valence-corrected chi connectivity index (χ3v) is 7.01. The molecule has 2 aromatic carbocycles. The van der Waals surface area contributed by atoms with E-state index in [2.05, 4.69) is 10.3 Å². The lowest BCUT2D eigenvalue weighted by molar-refractivity contribution is 0.0946. The van der Waals surface area contributed by atoms with Crippen molar-refractivity contribution in [2.75, 3.05) is 18.2 Å². The summed E-state index contributed by atoms with van der Waals surface area (Å²) in [5.74, 6) is 0.703. The van der Waals surface area contributed by atoms with E-state index in [9.17, 15) is 13.2 Å². The zero-order chi connectivity index (χ0) is 23.6. The van der Waals surface area contributed by atoms with Crippen molar-refractivity contribution in [1.29, 1.82) is 0 Å². The molecule has 0 aliphatic carbocycles. The van der Waals surface area contributed by atoms with Gasteiger partial charge in [0.25, 0.3) is 5.91 Å². The number of amides is 1. The number of fused-ring (bicyclic) bond motifs is 1. The van der Waals surface area contributed by atoms with Gasteiger partial charge < -0.3 is 11.1 Å². The van der Waals surface area contributed by atoms with E-state index in [0.29, 0.717) is 42.3 Å². The molecule has 1 aliphatic heterocycles. The summed E-state index contributed by atoms with van der Waals surface area (Å²) in [4.78, 5) is 21.2. The van der Waals surface area contributed by atoms with Crippen LogP contribution in [0.2, 0.25) is 0 Å². The second-order valence-electron chi connectivity index (χ2n) is 8.09. The van der Waals surface area contributed by atoms with Gasteiger partial charge >= 0.3 is 0 Å². The number of halogens is 1. The summed E-state index contributed by atoms with van der Waals surface area (Å²) < 4.78 is 22.9. The number of hydrogen-bond donors (Lipinski definition) is 3. The summed E-state index contributed by atoms with van der Waals surface area (Å²) in [5, 5.41) is 8.00. The Morgan fingerprint density at radius 3 is 2.58 bits per heavy atom. The minimum atomic E-state index is -3.72. The highest BCUT2D eigenvalue weighted by Gasteiger charge is 2.19. The molecule has 8 nitrogen and oxygen atoms in total. The highest BCUT2D eigenvalue weighted by atomic mass is 35.5. The molecule has 0 saturated carbocycles. The topological polar surface area (TPSA) is 141 Å². The van der Waals surface area contributed by atoms with Gasteiger partial charge in [0.1, 0.15) is 11.5 Å². The first kappa shape index (κ1) is 23.2. The number of benzene rings is 2. The monoisotopic (exact) mass is 485 g/mol. The van der Waals surface area contributed by atoms with Crippen LogP contribution in [0.3, 0.4) is 0 Å². The summed E-state index contributed by atoms with van der Waals surface area (Å²) in [6.45, 7) is 0.603. The molecule has 2 heterocycles. The molecule has 10 heteroatoms. The number of aromatic nitrogens is 2. The van der Waals surface area contributed by atoms with Gasteiger partial charge in [-0.2, -0.15) is 0 Å². The molecule has 0 fully saturated rings. The van der Waals surface area contributed by atoms with E-state index in [1.54, 1.807) is 24.4 Å². The van der Waals surface area contributed by atoms with Crippen molar-refractivity contribution >= 4 is 33.3 Å². The lowest BCUT2D eigenvalue weighted by atomic mass is 9.95. The van der Waals surface area contributed by atoms with E-state index >= 15 is 0 Å². The van der Waals surface area contributed by atoms with Gasteiger partial charge in [-0.05, 0) is 60.6 Å². The summed E-state index contributed by atoms with van der Waals surface area (Å²) >= 11 is 6.23. The molecule has 1 atom stereocenters. The highest BCUT2D eigenvalue weighted by Crippen LogP contribution is 2.27. The highest BCUT2D eigenvalue weighted by molar-refractivity contribution is 7.89. The van der Waals surface area contributed by atoms with Crippen LogP contribution in [0.15, 0.2) is 53.6 Å². The van der Waals surface area contributed by atoms with Crippen LogP contribution in [0.5, 0.6) is 0 Å². The second-order valence-corrected chi connectivity index (χ2v) is 9.96. The number of rotatable bonds is 7. The van der Waals surface area contributed by atoms with Crippen LogP contribution in [0.4, 0.5) is 5.82 Å². The molecule has 3 aromatic rings. The number of nitrogens with one attached hydrogen (secondary N) is 1. The van der Waals surface area contributed by atoms with E-state index in [1.165, 1.54) is 12.1 Å². The summed E-state index contributed by atoms with van der Waals surface area (Å²) in [6.07, 6.45) is 3.62. The van der Waals surface area contributed by atoms with Crippen molar-refractivity contribution in [2.45, 2.75) is 24.2 Å². The number of anilines is 1. The molecule has 33 heavy (non-hydrogen) atoms. The molecular formula is C23H24ClN5O3S. The Hall–Kier alpha value is -3.01. The number of carbonyl (C=O) groups is 1.